The summed E-state index contributed by atoms with van der Waals surface area (Å²) in [6.45, 7) is 1.94. The summed E-state index contributed by atoms with van der Waals surface area (Å²) in [5.74, 6) is -0.155. The van der Waals surface area contributed by atoms with Crippen LogP contribution in [0.5, 0.6) is 6.01 Å². The van der Waals surface area contributed by atoms with Crippen molar-refractivity contribution in [3.63, 3.8) is 0 Å². The molecule has 0 bridgehead atoms. The molecule has 1 aliphatic carbocycles. The normalized spacial score (nSPS) is 17.7. The van der Waals surface area contributed by atoms with Gasteiger partial charge in [-0.1, -0.05) is 42.5 Å². The van der Waals surface area contributed by atoms with Gasteiger partial charge in [-0.05, 0) is 48.9 Å². The number of hydrogen-bond donors (Lipinski definition) is 2. The number of carbonyl (C=O) groups is 2. The van der Waals surface area contributed by atoms with Crippen LogP contribution < -0.4 is 15.4 Å². The quantitative estimate of drug-likeness (QED) is 0.577. The van der Waals surface area contributed by atoms with E-state index in [4.69, 9.17) is 4.74 Å². The summed E-state index contributed by atoms with van der Waals surface area (Å²) in [7, 11) is 0. The number of rotatable bonds is 7. The number of hydrogen-bond acceptors (Lipinski definition) is 5. The average Bonchev–Trinajstić information content (AvgIpc) is 2.85. The fourth-order valence-corrected chi connectivity index (χ4v) is 3.90. The van der Waals surface area contributed by atoms with Crippen molar-refractivity contribution in [1.82, 2.24) is 20.6 Å². The minimum absolute atomic E-state index is 0.0498. The minimum atomic E-state index is -0.0784. The van der Waals surface area contributed by atoms with E-state index in [0.717, 1.165) is 42.4 Å². The van der Waals surface area contributed by atoms with Crippen molar-refractivity contribution in [2.45, 2.75) is 51.3 Å². The fourth-order valence-electron chi connectivity index (χ4n) is 3.90. The number of nitrogens with one attached hydrogen (secondary N) is 2. The van der Waals surface area contributed by atoms with Gasteiger partial charge in [-0.25, -0.2) is 9.97 Å². The van der Waals surface area contributed by atoms with E-state index in [2.05, 4.69) is 20.6 Å². The molecular formula is C26H28N4O3. The van der Waals surface area contributed by atoms with Crippen molar-refractivity contribution in [3.8, 4) is 17.1 Å². The topological polar surface area (TPSA) is 93.2 Å². The summed E-state index contributed by atoms with van der Waals surface area (Å²) < 4.78 is 5.97. The molecular weight excluding hydrogens is 416 g/mol. The molecule has 2 N–H and O–H groups in total. The van der Waals surface area contributed by atoms with Crippen LogP contribution in [0.2, 0.25) is 0 Å². The molecule has 7 heteroatoms. The van der Waals surface area contributed by atoms with E-state index in [9.17, 15) is 9.59 Å². The summed E-state index contributed by atoms with van der Waals surface area (Å²) in [5.41, 5.74) is 3.60. The van der Waals surface area contributed by atoms with Crippen molar-refractivity contribution in [3.05, 3.63) is 78.1 Å². The van der Waals surface area contributed by atoms with Crippen molar-refractivity contribution < 1.29 is 14.3 Å². The summed E-state index contributed by atoms with van der Waals surface area (Å²) in [5, 5.41) is 5.87. The highest BCUT2D eigenvalue weighted by molar-refractivity contribution is 5.94. The van der Waals surface area contributed by atoms with Crippen LogP contribution >= 0.6 is 0 Å². The van der Waals surface area contributed by atoms with E-state index in [1.807, 2.05) is 42.5 Å². The Kier molecular flexibility index (Phi) is 7.29. The maximum Gasteiger partial charge on any atom is 0.316 e. The molecule has 0 spiro atoms. The first-order chi connectivity index (χ1) is 16.1. The zero-order valence-electron chi connectivity index (χ0n) is 18.7. The Morgan fingerprint density at radius 1 is 0.909 bits per heavy atom. The Hall–Kier alpha value is -3.74. The van der Waals surface area contributed by atoms with Crippen LogP contribution in [0, 0.1) is 0 Å². The largest absolute Gasteiger partial charge is 0.460 e. The molecule has 0 unspecified atom stereocenters. The molecule has 0 aliphatic heterocycles. The number of ether oxygens (including phenoxy) is 1. The number of aromatic nitrogens is 2. The lowest BCUT2D eigenvalue weighted by atomic mass is 9.92. The van der Waals surface area contributed by atoms with Crippen LogP contribution in [-0.2, 0) is 11.3 Å². The zero-order valence-corrected chi connectivity index (χ0v) is 18.7. The number of amides is 2. The molecule has 3 aromatic rings. The summed E-state index contributed by atoms with van der Waals surface area (Å²) in [6, 6.07) is 17.8. The van der Waals surface area contributed by atoms with Crippen molar-refractivity contribution in [2.75, 3.05) is 0 Å². The maximum atomic E-state index is 12.6. The van der Waals surface area contributed by atoms with Crippen LogP contribution in [0.15, 0.2) is 67.0 Å². The molecule has 7 nitrogen and oxygen atoms in total. The van der Waals surface area contributed by atoms with Gasteiger partial charge in [0.1, 0.15) is 6.10 Å². The monoisotopic (exact) mass is 444 g/mol. The molecule has 0 saturated heterocycles. The summed E-state index contributed by atoms with van der Waals surface area (Å²) >= 11 is 0. The highest BCUT2D eigenvalue weighted by Gasteiger charge is 2.24. The van der Waals surface area contributed by atoms with Crippen molar-refractivity contribution >= 4 is 11.8 Å². The summed E-state index contributed by atoms with van der Waals surface area (Å²) in [4.78, 5) is 32.3. The molecule has 2 aromatic carbocycles. The number of benzene rings is 2. The number of nitrogens with zero attached hydrogens (tertiary/aromatic N) is 2. The van der Waals surface area contributed by atoms with Gasteiger partial charge in [0.05, 0.1) is 0 Å². The Bertz CT molecular complexity index is 1060. The third-order valence-corrected chi connectivity index (χ3v) is 5.77. The van der Waals surface area contributed by atoms with Crippen LogP contribution in [0.3, 0.4) is 0 Å². The lowest BCUT2D eigenvalue weighted by Crippen LogP contribution is -2.39. The second-order valence-corrected chi connectivity index (χ2v) is 8.29. The molecule has 0 atom stereocenters. The second-order valence-electron chi connectivity index (χ2n) is 8.29. The molecule has 2 amide bonds. The van der Waals surface area contributed by atoms with E-state index in [1.54, 1.807) is 24.5 Å². The van der Waals surface area contributed by atoms with Gasteiger partial charge < -0.3 is 15.4 Å². The molecule has 0 radical (unpaired) electrons. The van der Waals surface area contributed by atoms with Crippen molar-refractivity contribution in [1.29, 1.82) is 0 Å². The molecule has 33 heavy (non-hydrogen) atoms. The van der Waals surface area contributed by atoms with Gasteiger partial charge in [-0.15, -0.1) is 0 Å². The van der Waals surface area contributed by atoms with E-state index in [-0.39, 0.29) is 24.0 Å². The van der Waals surface area contributed by atoms with Gasteiger partial charge in [-0.2, -0.15) is 0 Å². The van der Waals surface area contributed by atoms with E-state index < -0.39 is 0 Å². The van der Waals surface area contributed by atoms with Gasteiger partial charge in [0.15, 0.2) is 0 Å². The molecule has 1 aliphatic rings. The predicted molar refractivity (Wildman–Crippen MR) is 126 cm³/mol. The first kappa shape index (κ1) is 22.5. The second kappa shape index (κ2) is 10.7. The van der Waals surface area contributed by atoms with Crippen LogP contribution in [0.4, 0.5) is 0 Å². The first-order valence-electron chi connectivity index (χ1n) is 11.2. The van der Waals surface area contributed by atoms with Gasteiger partial charge in [0.25, 0.3) is 5.91 Å². The molecule has 4 rings (SSSR count). The Morgan fingerprint density at radius 3 is 2.21 bits per heavy atom. The van der Waals surface area contributed by atoms with Crippen LogP contribution in [0.1, 0.15) is 48.5 Å². The predicted octanol–water partition coefficient (Wildman–Crippen LogP) is 3.90. The van der Waals surface area contributed by atoms with Gasteiger partial charge in [0, 0.05) is 43.0 Å². The standard InChI is InChI=1S/C26H28N4O3/c1-18(31)27-15-19-7-9-21(10-8-19)25(32)30-23-11-13-24(14-12-23)33-26-28-16-22(17-29-26)20-5-3-2-4-6-20/h2-10,16-17,23-24H,11-15H2,1H3,(H,27,31)(H,30,32). The maximum absolute atomic E-state index is 12.6. The van der Waals surface area contributed by atoms with E-state index >= 15 is 0 Å². The molecule has 1 aromatic heterocycles. The molecule has 170 valence electrons. The van der Waals surface area contributed by atoms with Crippen LogP contribution in [-0.4, -0.2) is 33.9 Å². The first-order valence-corrected chi connectivity index (χ1v) is 11.2. The van der Waals surface area contributed by atoms with Gasteiger partial charge >= 0.3 is 6.01 Å². The van der Waals surface area contributed by atoms with Gasteiger partial charge in [-0.3, -0.25) is 9.59 Å². The Morgan fingerprint density at radius 2 is 1.58 bits per heavy atom. The summed E-state index contributed by atoms with van der Waals surface area (Å²) in [6.07, 6.45) is 6.98. The number of carbonyl (C=O) groups excluding carboxylic acids is 2. The average molecular weight is 445 g/mol. The van der Waals surface area contributed by atoms with Crippen LogP contribution in [0.25, 0.3) is 11.1 Å². The highest BCUT2D eigenvalue weighted by Crippen LogP contribution is 2.24. The Labute approximate surface area is 193 Å². The smallest absolute Gasteiger partial charge is 0.316 e. The lowest BCUT2D eigenvalue weighted by molar-refractivity contribution is -0.119. The third kappa shape index (κ3) is 6.38. The van der Waals surface area contributed by atoms with Crippen molar-refractivity contribution in [2.24, 2.45) is 0 Å². The molecule has 1 saturated carbocycles. The Balaban J connectivity index is 1.22. The molecule has 1 heterocycles. The highest BCUT2D eigenvalue weighted by atomic mass is 16.5. The fraction of sp³-hybridized carbons (Fsp3) is 0.308. The third-order valence-electron chi connectivity index (χ3n) is 5.77. The van der Waals surface area contributed by atoms with E-state index in [0.29, 0.717) is 18.1 Å². The zero-order chi connectivity index (χ0) is 23.0. The minimum Gasteiger partial charge on any atom is -0.460 e. The lowest BCUT2D eigenvalue weighted by Gasteiger charge is -2.28. The van der Waals surface area contributed by atoms with E-state index in [1.165, 1.54) is 6.92 Å². The van der Waals surface area contributed by atoms with Gasteiger partial charge in [0.2, 0.25) is 5.91 Å². The SMILES string of the molecule is CC(=O)NCc1ccc(C(=O)NC2CCC(Oc3ncc(-c4ccccc4)cn3)CC2)cc1. The molecule has 1 fully saturated rings.